The van der Waals surface area contributed by atoms with Gasteiger partial charge < -0.3 is 4.90 Å². The number of ketones is 1. The Bertz CT molecular complexity index is 472. The normalized spacial score (nSPS) is 23.2. The SMILES string of the molecule is CC(=O)c1cc(F)ccc1N(C)C1CCCC(C)C1. The van der Waals surface area contributed by atoms with Crippen molar-refractivity contribution in [2.75, 3.05) is 11.9 Å². The molecule has 1 aliphatic rings. The van der Waals surface area contributed by atoms with Gasteiger partial charge in [-0.25, -0.2) is 4.39 Å². The summed E-state index contributed by atoms with van der Waals surface area (Å²) in [5, 5.41) is 0. The molecule has 0 saturated heterocycles. The van der Waals surface area contributed by atoms with E-state index in [1.807, 2.05) is 7.05 Å². The van der Waals surface area contributed by atoms with Crippen LogP contribution in [0.4, 0.5) is 10.1 Å². The lowest BCUT2D eigenvalue weighted by molar-refractivity contribution is 0.101. The van der Waals surface area contributed by atoms with Gasteiger partial charge in [-0.2, -0.15) is 0 Å². The Morgan fingerprint density at radius 2 is 2.11 bits per heavy atom. The molecule has 0 aromatic heterocycles. The highest BCUT2D eigenvalue weighted by Crippen LogP contribution is 2.31. The van der Waals surface area contributed by atoms with Crippen molar-refractivity contribution >= 4 is 11.5 Å². The summed E-state index contributed by atoms with van der Waals surface area (Å²) in [6, 6.07) is 4.96. The molecule has 0 aliphatic heterocycles. The molecule has 2 unspecified atom stereocenters. The summed E-state index contributed by atoms with van der Waals surface area (Å²) in [6.45, 7) is 3.77. The molecule has 104 valence electrons. The van der Waals surface area contributed by atoms with Crippen molar-refractivity contribution in [3.63, 3.8) is 0 Å². The molecule has 2 nitrogen and oxygen atoms in total. The van der Waals surface area contributed by atoms with E-state index in [4.69, 9.17) is 0 Å². The van der Waals surface area contributed by atoms with E-state index < -0.39 is 0 Å². The highest BCUT2D eigenvalue weighted by molar-refractivity contribution is 5.99. The van der Waals surface area contributed by atoms with Gasteiger partial charge in [0.25, 0.3) is 0 Å². The zero-order valence-electron chi connectivity index (χ0n) is 11.9. The number of carbonyl (C=O) groups is 1. The molecule has 1 aromatic carbocycles. The lowest BCUT2D eigenvalue weighted by atomic mass is 9.86. The average Bonchev–Trinajstić information content (AvgIpc) is 2.37. The monoisotopic (exact) mass is 263 g/mol. The summed E-state index contributed by atoms with van der Waals surface area (Å²) >= 11 is 0. The first-order valence-corrected chi connectivity index (χ1v) is 7.02. The summed E-state index contributed by atoms with van der Waals surface area (Å²) in [5.74, 6) is 0.298. The quantitative estimate of drug-likeness (QED) is 0.767. The number of hydrogen-bond acceptors (Lipinski definition) is 2. The first-order valence-electron chi connectivity index (χ1n) is 7.02. The summed E-state index contributed by atoms with van der Waals surface area (Å²) in [4.78, 5) is 13.8. The molecule has 1 fully saturated rings. The minimum atomic E-state index is -0.348. The Morgan fingerprint density at radius 1 is 1.37 bits per heavy atom. The molecular weight excluding hydrogens is 241 g/mol. The van der Waals surface area contributed by atoms with Crippen LogP contribution in [0.15, 0.2) is 18.2 Å². The molecule has 0 amide bonds. The molecule has 0 radical (unpaired) electrons. The van der Waals surface area contributed by atoms with Crippen LogP contribution in [0.3, 0.4) is 0 Å². The third kappa shape index (κ3) is 3.14. The van der Waals surface area contributed by atoms with Crippen LogP contribution in [-0.4, -0.2) is 18.9 Å². The molecule has 2 rings (SSSR count). The van der Waals surface area contributed by atoms with Crippen LogP contribution in [0.2, 0.25) is 0 Å². The largest absolute Gasteiger partial charge is 0.371 e. The topological polar surface area (TPSA) is 20.3 Å². The van der Waals surface area contributed by atoms with E-state index in [-0.39, 0.29) is 11.6 Å². The summed E-state index contributed by atoms with van der Waals surface area (Å²) in [6.07, 6.45) is 4.81. The molecule has 1 saturated carbocycles. The van der Waals surface area contributed by atoms with Crippen LogP contribution in [0, 0.1) is 11.7 Å². The van der Waals surface area contributed by atoms with E-state index in [2.05, 4.69) is 11.8 Å². The molecule has 1 aromatic rings. The van der Waals surface area contributed by atoms with Gasteiger partial charge in [0, 0.05) is 24.3 Å². The molecule has 19 heavy (non-hydrogen) atoms. The Morgan fingerprint density at radius 3 is 2.74 bits per heavy atom. The predicted octanol–water partition coefficient (Wildman–Crippen LogP) is 4.04. The molecular formula is C16H22FNO. The average molecular weight is 263 g/mol. The van der Waals surface area contributed by atoms with Crippen molar-refractivity contribution in [1.29, 1.82) is 0 Å². The van der Waals surface area contributed by atoms with Crippen LogP contribution in [0.25, 0.3) is 0 Å². The van der Waals surface area contributed by atoms with Crippen LogP contribution >= 0.6 is 0 Å². The van der Waals surface area contributed by atoms with Crippen molar-refractivity contribution in [2.45, 2.75) is 45.6 Å². The van der Waals surface area contributed by atoms with Gasteiger partial charge in [0.05, 0.1) is 0 Å². The minimum absolute atomic E-state index is 0.0785. The van der Waals surface area contributed by atoms with Crippen molar-refractivity contribution < 1.29 is 9.18 Å². The molecule has 0 heterocycles. The van der Waals surface area contributed by atoms with Gasteiger partial charge in [-0.05, 0) is 43.9 Å². The predicted molar refractivity (Wildman–Crippen MR) is 76.2 cm³/mol. The molecule has 1 aliphatic carbocycles. The van der Waals surface area contributed by atoms with E-state index >= 15 is 0 Å². The van der Waals surface area contributed by atoms with Gasteiger partial charge in [-0.1, -0.05) is 19.8 Å². The number of Topliss-reactive ketones (excluding diaryl/α,β-unsaturated/α-hetero) is 1. The van der Waals surface area contributed by atoms with Gasteiger partial charge in [0.2, 0.25) is 0 Å². The second-order valence-electron chi connectivity index (χ2n) is 5.75. The van der Waals surface area contributed by atoms with Gasteiger partial charge in [-0.15, -0.1) is 0 Å². The fraction of sp³-hybridized carbons (Fsp3) is 0.562. The van der Waals surface area contributed by atoms with E-state index in [1.54, 1.807) is 6.07 Å². The van der Waals surface area contributed by atoms with Gasteiger partial charge >= 0.3 is 0 Å². The number of hydrogen-bond donors (Lipinski definition) is 0. The zero-order valence-corrected chi connectivity index (χ0v) is 11.9. The highest BCUT2D eigenvalue weighted by atomic mass is 19.1. The van der Waals surface area contributed by atoms with Gasteiger partial charge in [0.15, 0.2) is 5.78 Å². The molecule has 0 N–H and O–H groups in total. The molecule has 3 heteroatoms. The highest BCUT2D eigenvalue weighted by Gasteiger charge is 2.24. The minimum Gasteiger partial charge on any atom is -0.371 e. The Labute approximate surface area is 114 Å². The molecule has 0 spiro atoms. The van der Waals surface area contributed by atoms with Gasteiger partial charge in [-0.3, -0.25) is 4.79 Å². The third-order valence-corrected chi connectivity index (χ3v) is 4.17. The maximum atomic E-state index is 13.3. The summed E-state index contributed by atoms with van der Waals surface area (Å²) < 4.78 is 13.3. The Hall–Kier alpha value is -1.38. The maximum Gasteiger partial charge on any atom is 0.161 e. The second-order valence-corrected chi connectivity index (χ2v) is 5.75. The summed E-state index contributed by atoms with van der Waals surface area (Å²) in [5.41, 5.74) is 1.34. The van der Waals surface area contributed by atoms with E-state index in [1.165, 1.54) is 31.9 Å². The number of halogens is 1. The zero-order chi connectivity index (χ0) is 14.0. The first kappa shape index (κ1) is 14.0. The molecule has 2 atom stereocenters. The Kier molecular flexibility index (Phi) is 4.23. The van der Waals surface area contributed by atoms with Crippen molar-refractivity contribution in [2.24, 2.45) is 5.92 Å². The number of rotatable bonds is 3. The van der Waals surface area contributed by atoms with Crippen LogP contribution in [0.5, 0.6) is 0 Å². The van der Waals surface area contributed by atoms with Crippen molar-refractivity contribution in [3.8, 4) is 0 Å². The van der Waals surface area contributed by atoms with Crippen molar-refractivity contribution in [1.82, 2.24) is 0 Å². The van der Waals surface area contributed by atoms with E-state index in [9.17, 15) is 9.18 Å². The first-order chi connectivity index (χ1) is 8.99. The third-order valence-electron chi connectivity index (χ3n) is 4.17. The fourth-order valence-electron chi connectivity index (χ4n) is 3.05. The van der Waals surface area contributed by atoms with E-state index in [0.717, 1.165) is 24.4 Å². The molecule has 0 bridgehead atoms. The lowest BCUT2D eigenvalue weighted by Gasteiger charge is -2.36. The standard InChI is InChI=1S/C16H22FNO/c1-11-5-4-6-14(9-11)18(3)16-8-7-13(17)10-15(16)12(2)19/h7-8,10-11,14H,4-6,9H2,1-3H3. The smallest absolute Gasteiger partial charge is 0.161 e. The number of benzene rings is 1. The number of carbonyl (C=O) groups excluding carboxylic acids is 1. The van der Waals surface area contributed by atoms with Crippen LogP contribution in [0.1, 0.15) is 49.9 Å². The van der Waals surface area contributed by atoms with E-state index in [0.29, 0.717) is 11.6 Å². The van der Waals surface area contributed by atoms with Gasteiger partial charge in [0.1, 0.15) is 5.82 Å². The lowest BCUT2D eigenvalue weighted by Crippen LogP contribution is -2.36. The van der Waals surface area contributed by atoms with Crippen LogP contribution in [-0.2, 0) is 0 Å². The Balaban J connectivity index is 2.27. The maximum absolute atomic E-state index is 13.3. The van der Waals surface area contributed by atoms with Crippen molar-refractivity contribution in [3.05, 3.63) is 29.6 Å². The van der Waals surface area contributed by atoms with Crippen LogP contribution < -0.4 is 4.90 Å². The fourth-order valence-corrected chi connectivity index (χ4v) is 3.05. The summed E-state index contributed by atoms with van der Waals surface area (Å²) in [7, 11) is 2.02. The number of nitrogens with zero attached hydrogens (tertiary/aromatic N) is 1. The number of anilines is 1. The second kappa shape index (κ2) is 5.72.